The lowest BCUT2D eigenvalue weighted by Gasteiger charge is -2.17. The second-order valence-electron chi connectivity index (χ2n) is 4.89. The van der Waals surface area contributed by atoms with Gasteiger partial charge in [0.05, 0.1) is 11.7 Å². The Morgan fingerprint density at radius 3 is 2.55 bits per heavy atom. The molecule has 1 unspecified atom stereocenters. The summed E-state index contributed by atoms with van der Waals surface area (Å²) >= 11 is 3.61. The zero-order valence-electron chi connectivity index (χ0n) is 11.5. The molecule has 3 nitrogen and oxygen atoms in total. The number of hydrogen-bond donors (Lipinski definition) is 1. The predicted molar refractivity (Wildman–Crippen MR) is 86.9 cm³/mol. The highest BCUT2D eigenvalue weighted by Crippen LogP contribution is 2.31. The van der Waals surface area contributed by atoms with Gasteiger partial charge < -0.3 is 5.32 Å². The Balaban J connectivity index is 1.99. The van der Waals surface area contributed by atoms with Crippen LogP contribution in [0.5, 0.6) is 0 Å². The van der Waals surface area contributed by atoms with Gasteiger partial charge in [-0.25, -0.2) is 0 Å². The molecule has 0 fully saturated rings. The van der Waals surface area contributed by atoms with Crippen LogP contribution in [-0.2, 0) is 7.05 Å². The molecule has 3 rings (SSSR count). The summed E-state index contributed by atoms with van der Waals surface area (Å²) in [6.07, 6.45) is 1.83. The Morgan fingerprint density at radius 2 is 1.85 bits per heavy atom. The molecule has 1 atom stereocenters. The highest BCUT2D eigenvalue weighted by Gasteiger charge is 2.11. The van der Waals surface area contributed by atoms with E-state index < -0.39 is 0 Å². The van der Waals surface area contributed by atoms with E-state index in [1.165, 1.54) is 10.8 Å². The summed E-state index contributed by atoms with van der Waals surface area (Å²) in [4.78, 5) is 0. The molecule has 1 N–H and O–H groups in total. The van der Waals surface area contributed by atoms with Gasteiger partial charge >= 0.3 is 0 Å². The molecule has 4 heteroatoms. The van der Waals surface area contributed by atoms with Gasteiger partial charge in [-0.3, -0.25) is 4.68 Å². The molecule has 20 heavy (non-hydrogen) atoms. The van der Waals surface area contributed by atoms with Crippen molar-refractivity contribution in [2.45, 2.75) is 13.0 Å². The number of halogens is 1. The van der Waals surface area contributed by atoms with Crippen molar-refractivity contribution in [1.29, 1.82) is 0 Å². The molecule has 2 aromatic carbocycles. The standard InChI is InChI=1S/C16H16BrN3/c1-11(16-9-10-18-20(16)2)19-15-8-7-14(17)12-5-3-4-6-13(12)15/h3-11,19H,1-2H3. The summed E-state index contributed by atoms with van der Waals surface area (Å²) < 4.78 is 3.02. The molecule has 1 aromatic heterocycles. The van der Waals surface area contributed by atoms with Crippen molar-refractivity contribution in [2.24, 2.45) is 7.05 Å². The lowest BCUT2D eigenvalue weighted by molar-refractivity contribution is 0.676. The maximum atomic E-state index is 4.22. The molecule has 0 spiro atoms. The minimum absolute atomic E-state index is 0.201. The first kappa shape index (κ1) is 13.2. The number of benzene rings is 2. The monoisotopic (exact) mass is 329 g/mol. The van der Waals surface area contributed by atoms with Gasteiger partial charge in [-0.2, -0.15) is 5.10 Å². The number of rotatable bonds is 3. The normalized spacial score (nSPS) is 12.6. The van der Waals surface area contributed by atoms with Gasteiger partial charge in [0.25, 0.3) is 0 Å². The molecule has 102 valence electrons. The number of nitrogens with one attached hydrogen (secondary N) is 1. The van der Waals surface area contributed by atoms with Crippen molar-refractivity contribution in [3.05, 3.63) is 58.8 Å². The van der Waals surface area contributed by atoms with Gasteiger partial charge in [-0.05, 0) is 30.5 Å². The van der Waals surface area contributed by atoms with Crippen molar-refractivity contribution < 1.29 is 0 Å². The van der Waals surface area contributed by atoms with Gasteiger partial charge in [0.15, 0.2) is 0 Å². The minimum atomic E-state index is 0.201. The first-order chi connectivity index (χ1) is 9.66. The van der Waals surface area contributed by atoms with E-state index in [4.69, 9.17) is 0 Å². The number of aryl methyl sites for hydroxylation is 1. The average Bonchev–Trinajstić information content (AvgIpc) is 2.88. The summed E-state index contributed by atoms with van der Waals surface area (Å²) in [6, 6.07) is 14.8. The van der Waals surface area contributed by atoms with Crippen molar-refractivity contribution >= 4 is 32.4 Å². The van der Waals surface area contributed by atoms with Gasteiger partial charge in [-0.1, -0.05) is 40.2 Å². The van der Waals surface area contributed by atoms with Crippen molar-refractivity contribution in [2.75, 3.05) is 5.32 Å². The Morgan fingerprint density at radius 1 is 1.10 bits per heavy atom. The lowest BCUT2D eigenvalue weighted by atomic mass is 10.1. The average molecular weight is 330 g/mol. The molecule has 0 amide bonds. The SMILES string of the molecule is CC(Nc1ccc(Br)c2ccccc12)c1ccnn1C. The molecule has 0 aliphatic rings. The van der Waals surface area contributed by atoms with Crippen LogP contribution in [0.15, 0.2) is 53.1 Å². The Bertz CT molecular complexity index is 748. The molecular weight excluding hydrogens is 314 g/mol. The minimum Gasteiger partial charge on any atom is -0.376 e. The molecule has 0 bridgehead atoms. The number of aromatic nitrogens is 2. The van der Waals surface area contributed by atoms with Gasteiger partial charge in [-0.15, -0.1) is 0 Å². The van der Waals surface area contributed by atoms with Crippen LogP contribution in [0.2, 0.25) is 0 Å². The second-order valence-corrected chi connectivity index (χ2v) is 5.74. The van der Waals surface area contributed by atoms with Crippen molar-refractivity contribution in [3.8, 4) is 0 Å². The second kappa shape index (κ2) is 5.29. The Hall–Kier alpha value is -1.81. The van der Waals surface area contributed by atoms with Gasteiger partial charge in [0, 0.05) is 28.8 Å². The fourth-order valence-corrected chi connectivity index (χ4v) is 2.98. The molecule has 0 saturated heterocycles. The van der Waals surface area contributed by atoms with E-state index in [0.717, 1.165) is 15.9 Å². The molecule has 1 heterocycles. The van der Waals surface area contributed by atoms with E-state index in [0.29, 0.717) is 0 Å². The molecule has 0 aliphatic carbocycles. The maximum absolute atomic E-state index is 4.22. The number of nitrogens with zero attached hydrogens (tertiary/aromatic N) is 2. The van der Waals surface area contributed by atoms with Crippen LogP contribution in [0, 0.1) is 0 Å². The van der Waals surface area contributed by atoms with E-state index in [-0.39, 0.29) is 6.04 Å². The summed E-state index contributed by atoms with van der Waals surface area (Å²) in [6.45, 7) is 2.15. The molecule has 0 aliphatic heterocycles. The third-order valence-corrected chi connectivity index (χ3v) is 4.24. The van der Waals surface area contributed by atoms with Crippen LogP contribution in [0.25, 0.3) is 10.8 Å². The Labute approximate surface area is 126 Å². The quantitative estimate of drug-likeness (QED) is 0.766. The van der Waals surface area contributed by atoms with Crippen LogP contribution in [0.4, 0.5) is 5.69 Å². The van der Waals surface area contributed by atoms with Crippen LogP contribution in [0.3, 0.4) is 0 Å². The topological polar surface area (TPSA) is 29.9 Å². The zero-order valence-corrected chi connectivity index (χ0v) is 13.1. The van der Waals surface area contributed by atoms with E-state index in [1.54, 1.807) is 0 Å². The van der Waals surface area contributed by atoms with Crippen LogP contribution in [0.1, 0.15) is 18.7 Å². The van der Waals surface area contributed by atoms with Gasteiger partial charge in [0.1, 0.15) is 0 Å². The number of hydrogen-bond acceptors (Lipinski definition) is 2. The van der Waals surface area contributed by atoms with Crippen molar-refractivity contribution in [3.63, 3.8) is 0 Å². The fourth-order valence-electron chi connectivity index (χ4n) is 2.50. The third kappa shape index (κ3) is 2.31. The lowest BCUT2D eigenvalue weighted by Crippen LogP contribution is -2.11. The van der Waals surface area contributed by atoms with E-state index in [2.05, 4.69) is 69.7 Å². The maximum Gasteiger partial charge on any atom is 0.0654 e. The van der Waals surface area contributed by atoms with E-state index in [1.807, 2.05) is 24.0 Å². The number of fused-ring (bicyclic) bond motifs is 1. The van der Waals surface area contributed by atoms with Crippen LogP contribution < -0.4 is 5.32 Å². The summed E-state index contributed by atoms with van der Waals surface area (Å²) in [5.74, 6) is 0. The Kier molecular flexibility index (Phi) is 3.49. The summed E-state index contributed by atoms with van der Waals surface area (Å²) in [5, 5.41) is 10.2. The highest BCUT2D eigenvalue weighted by atomic mass is 79.9. The largest absolute Gasteiger partial charge is 0.376 e. The van der Waals surface area contributed by atoms with E-state index >= 15 is 0 Å². The first-order valence-corrected chi connectivity index (χ1v) is 7.38. The molecule has 0 saturated carbocycles. The van der Waals surface area contributed by atoms with E-state index in [9.17, 15) is 0 Å². The summed E-state index contributed by atoms with van der Waals surface area (Å²) in [7, 11) is 1.97. The smallest absolute Gasteiger partial charge is 0.0654 e. The van der Waals surface area contributed by atoms with Gasteiger partial charge in [0.2, 0.25) is 0 Å². The third-order valence-electron chi connectivity index (χ3n) is 3.55. The highest BCUT2D eigenvalue weighted by molar-refractivity contribution is 9.10. The zero-order chi connectivity index (χ0) is 14.1. The van der Waals surface area contributed by atoms with Crippen LogP contribution in [-0.4, -0.2) is 9.78 Å². The molecular formula is C16H16BrN3. The number of anilines is 1. The van der Waals surface area contributed by atoms with Crippen LogP contribution >= 0.6 is 15.9 Å². The fraction of sp³-hybridized carbons (Fsp3) is 0.188. The molecule has 3 aromatic rings. The molecule has 0 radical (unpaired) electrons. The summed E-state index contributed by atoms with van der Waals surface area (Å²) in [5.41, 5.74) is 2.30. The predicted octanol–water partition coefficient (Wildman–Crippen LogP) is 4.51. The van der Waals surface area contributed by atoms with Crippen molar-refractivity contribution in [1.82, 2.24) is 9.78 Å². The first-order valence-electron chi connectivity index (χ1n) is 6.58.